The summed E-state index contributed by atoms with van der Waals surface area (Å²) in [6, 6.07) is 21.5. The largest absolute Gasteiger partial charge is 0.332 e. The number of nitrogens with one attached hydrogen (secondary N) is 3. The lowest BCUT2D eigenvalue weighted by molar-refractivity contribution is -0.119. The molecular weight excluding hydrogens is 418 g/mol. The number of carbonyl (C=O) groups excluding carboxylic acids is 2. The molecule has 0 atom stereocenters. The Morgan fingerprint density at radius 3 is 2.10 bits per heavy atom. The molecule has 0 saturated heterocycles. The van der Waals surface area contributed by atoms with Gasteiger partial charge in [-0.05, 0) is 72.7 Å². The van der Waals surface area contributed by atoms with Crippen molar-refractivity contribution in [3.8, 4) is 0 Å². The summed E-state index contributed by atoms with van der Waals surface area (Å²) in [6.45, 7) is 1.89. The summed E-state index contributed by atoms with van der Waals surface area (Å²) < 4.78 is 0. The van der Waals surface area contributed by atoms with Gasteiger partial charge in [0, 0.05) is 22.0 Å². The maximum Gasteiger partial charge on any atom is 0.255 e. The maximum absolute atomic E-state index is 12.4. The van der Waals surface area contributed by atoms with E-state index in [1.165, 1.54) is 0 Å². The molecule has 0 aliphatic heterocycles. The van der Waals surface area contributed by atoms with Crippen LogP contribution in [0.5, 0.6) is 0 Å². The summed E-state index contributed by atoms with van der Waals surface area (Å²) in [7, 11) is 0. The molecule has 0 spiro atoms. The fraction of sp³-hybridized carbons (Fsp3) is 0.0870. The monoisotopic (exact) mass is 437 g/mol. The maximum atomic E-state index is 12.4. The average molecular weight is 438 g/mol. The van der Waals surface area contributed by atoms with Crippen LogP contribution in [0.4, 0.5) is 11.4 Å². The predicted octanol–water partition coefficient (Wildman–Crippen LogP) is 4.96. The number of hydrogen-bond acceptors (Lipinski definition) is 3. The van der Waals surface area contributed by atoms with Crippen molar-refractivity contribution in [2.75, 3.05) is 10.6 Å². The van der Waals surface area contributed by atoms with Crippen LogP contribution in [-0.2, 0) is 11.2 Å². The van der Waals surface area contributed by atoms with Crippen LogP contribution >= 0.6 is 23.8 Å². The number of thiocarbonyl (C=S) groups is 1. The van der Waals surface area contributed by atoms with Crippen LogP contribution in [0.1, 0.15) is 21.5 Å². The van der Waals surface area contributed by atoms with Gasteiger partial charge in [-0.2, -0.15) is 0 Å². The normalized spacial score (nSPS) is 10.2. The molecule has 152 valence electrons. The van der Waals surface area contributed by atoms with Gasteiger partial charge in [-0.25, -0.2) is 0 Å². The van der Waals surface area contributed by atoms with Gasteiger partial charge in [0.1, 0.15) is 0 Å². The zero-order chi connectivity index (χ0) is 21.5. The van der Waals surface area contributed by atoms with Crippen LogP contribution in [0, 0.1) is 6.92 Å². The van der Waals surface area contributed by atoms with E-state index in [-0.39, 0.29) is 23.3 Å². The van der Waals surface area contributed by atoms with Crippen LogP contribution in [0.3, 0.4) is 0 Å². The van der Waals surface area contributed by atoms with Crippen molar-refractivity contribution in [2.45, 2.75) is 13.3 Å². The highest BCUT2D eigenvalue weighted by Crippen LogP contribution is 2.16. The summed E-state index contributed by atoms with van der Waals surface area (Å²) in [5.41, 5.74) is 3.73. The molecular formula is C23H20ClN3O2S. The third kappa shape index (κ3) is 6.14. The summed E-state index contributed by atoms with van der Waals surface area (Å²) in [5, 5.41) is 9.28. The highest BCUT2D eigenvalue weighted by molar-refractivity contribution is 7.80. The molecule has 3 rings (SSSR count). The van der Waals surface area contributed by atoms with Crippen molar-refractivity contribution in [1.29, 1.82) is 0 Å². The summed E-state index contributed by atoms with van der Waals surface area (Å²) >= 11 is 11.0. The molecule has 3 aromatic rings. The fourth-order valence-corrected chi connectivity index (χ4v) is 3.14. The molecule has 0 aliphatic rings. The van der Waals surface area contributed by atoms with E-state index >= 15 is 0 Å². The van der Waals surface area contributed by atoms with Gasteiger partial charge >= 0.3 is 0 Å². The Balaban J connectivity index is 1.51. The number of benzene rings is 3. The molecule has 30 heavy (non-hydrogen) atoms. The third-order valence-corrected chi connectivity index (χ3v) is 4.78. The van der Waals surface area contributed by atoms with Gasteiger partial charge in [0.05, 0.1) is 6.42 Å². The SMILES string of the molecule is Cc1ccccc1C(=O)Nc1ccc(NC(=S)NC(=O)Cc2ccc(Cl)cc2)cc1. The Labute approximate surface area is 185 Å². The second kappa shape index (κ2) is 10.0. The standard InChI is InChI=1S/C23H20ClN3O2S/c1-15-4-2-3-5-20(15)22(29)25-18-10-12-19(13-11-18)26-23(30)27-21(28)14-16-6-8-17(24)9-7-16/h2-13H,14H2,1H3,(H,25,29)(H2,26,27,28,30). The zero-order valence-electron chi connectivity index (χ0n) is 16.2. The number of rotatable bonds is 5. The van der Waals surface area contributed by atoms with Gasteiger partial charge in [0.2, 0.25) is 5.91 Å². The first kappa shape index (κ1) is 21.5. The molecule has 0 fully saturated rings. The van der Waals surface area contributed by atoms with Gasteiger partial charge < -0.3 is 16.0 Å². The van der Waals surface area contributed by atoms with Gasteiger partial charge in [-0.15, -0.1) is 0 Å². The Kier molecular flexibility index (Phi) is 7.17. The van der Waals surface area contributed by atoms with Crippen molar-refractivity contribution < 1.29 is 9.59 Å². The van der Waals surface area contributed by atoms with E-state index < -0.39 is 0 Å². The molecule has 7 heteroatoms. The first-order valence-electron chi connectivity index (χ1n) is 9.23. The predicted molar refractivity (Wildman–Crippen MR) is 125 cm³/mol. The Hall–Kier alpha value is -3.22. The van der Waals surface area contributed by atoms with Crippen LogP contribution in [0.15, 0.2) is 72.8 Å². The van der Waals surface area contributed by atoms with Crippen molar-refractivity contribution in [2.24, 2.45) is 0 Å². The topological polar surface area (TPSA) is 70.2 Å². The summed E-state index contributed by atoms with van der Waals surface area (Å²) in [4.78, 5) is 24.5. The molecule has 0 aromatic heterocycles. The molecule has 5 nitrogen and oxygen atoms in total. The quantitative estimate of drug-likeness (QED) is 0.493. The number of anilines is 2. The minimum absolute atomic E-state index is 0.168. The Bertz CT molecular complexity index is 1070. The van der Waals surface area contributed by atoms with Gasteiger partial charge in [-0.3, -0.25) is 9.59 Å². The second-order valence-electron chi connectivity index (χ2n) is 6.65. The Morgan fingerprint density at radius 1 is 0.867 bits per heavy atom. The molecule has 0 heterocycles. The highest BCUT2D eigenvalue weighted by atomic mass is 35.5. The van der Waals surface area contributed by atoms with Crippen LogP contribution < -0.4 is 16.0 Å². The molecule has 0 unspecified atom stereocenters. The number of carbonyl (C=O) groups is 2. The number of amides is 2. The van der Waals surface area contributed by atoms with Gasteiger partial charge in [0.25, 0.3) is 5.91 Å². The van der Waals surface area contributed by atoms with E-state index in [0.29, 0.717) is 22.0 Å². The number of halogens is 1. The molecule has 0 bridgehead atoms. The minimum Gasteiger partial charge on any atom is -0.332 e. The zero-order valence-corrected chi connectivity index (χ0v) is 17.8. The fourth-order valence-electron chi connectivity index (χ4n) is 2.78. The van der Waals surface area contributed by atoms with Gasteiger partial charge in [0.15, 0.2) is 5.11 Å². The highest BCUT2D eigenvalue weighted by Gasteiger charge is 2.09. The van der Waals surface area contributed by atoms with E-state index in [1.807, 2.05) is 25.1 Å². The third-order valence-electron chi connectivity index (χ3n) is 4.32. The van der Waals surface area contributed by atoms with Crippen LogP contribution in [-0.4, -0.2) is 16.9 Å². The van der Waals surface area contributed by atoms with E-state index in [0.717, 1.165) is 11.1 Å². The number of hydrogen-bond donors (Lipinski definition) is 3. The van der Waals surface area contributed by atoms with E-state index in [2.05, 4.69) is 16.0 Å². The molecule has 0 saturated carbocycles. The van der Waals surface area contributed by atoms with Gasteiger partial charge in [-0.1, -0.05) is 41.9 Å². The van der Waals surface area contributed by atoms with E-state index in [1.54, 1.807) is 54.6 Å². The van der Waals surface area contributed by atoms with Crippen molar-refractivity contribution >= 4 is 52.1 Å². The summed E-state index contributed by atoms with van der Waals surface area (Å²) in [6.07, 6.45) is 0.197. The minimum atomic E-state index is -0.225. The van der Waals surface area contributed by atoms with Crippen molar-refractivity contribution in [3.05, 3.63) is 94.5 Å². The van der Waals surface area contributed by atoms with Crippen molar-refractivity contribution in [3.63, 3.8) is 0 Å². The second-order valence-corrected chi connectivity index (χ2v) is 7.50. The molecule has 3 aromatic carbocycles. The van der Waals surface area contributed by atoms with Crippen LogP contribution in [0.2, 0.25) is 5.02 Å². The first-order valence-corrected chi connectivity index (χ1v) is 10.0. The smallest absolute Gasteiger partial charge is 0.255 e. The van der Waals surface area contributed by atoms with E-state index in [4.69, 9.17) is 23.8 Å². The van der Waals surface area contributed by atoms with Crippen molar-refractivity contribution in [1.82, 2.24) is 5.32 Å². The lowest BCUT2D eigenvalue weighted by Crippen LogP contribution is -2.35. The lowest BCUT2D eigenvalue weighted by Gasteiger charge is -2.11. The number of aryl methyl sites for hydroxylation is 1. The first-order chi connectivity index (χ1) is 14.4. The summed E-state index contributed by atoms with van der Waals surface area (Å²) in [5.74, 6) is -0.393. The molecule has 0 aliphatic carbocycles. The molecule has 3 N–H and O–H groups in total. The molecule has 2 amide bonds. The lowest BCUT2D eigenvalue weighted by atomic mass is 10.1. The Morgan fingerprint density at radius 2 is 1.47 bits per heavy atom. The average Bonchev–Trinajstić information content (AvgIpc) is 2.71. The van der Waals surface area contributed by atoms with Crippen LogP contribution in [0.25, 0.3) is 0 Å². The molecule has 0 radical (unpaired) electrons. The van der Waals surface area contributed by atoms with E-state index in [9.17, 15) is 9.59 Å².